The van der Waals surface area contributed by atoms with Gasteiger partial charge in [-0.15, -0.1) is 0 Å². The van der Waals surface area contributed by atoms with E-state index in [4.69, 9.17) is 31.2 Å². The fraction of sp³-hybridized carbons (Fsp3) is 0.423. The van der Waals surface area contributed by atoms with E-state index in [1.807, 2.05) is 48.2 Å². The lowest BCUT2D eigenvalue weighted by Gasteiger charge is -2.46. The van der Waals surface area contributed by atoms with Crippen molar-refractivity contribution in [3.8, 4) is 0 Å². The van der Waals surface area contributed by atoms with Crippen molar-refractivity contribution in [3.05, 3.63) is 70.2 Å². The lowest BCUT2D eigenvalue weighted by Crippen LogP contribution is -2.70. The summed E-state index contributed by atoms with van der Waals surface area (Å²) in [4.78, 5) is 36.1. The molecule has 1 N–H and O–H groups in total. The molecule has 4 rings (SSSR count). The fourth-order valence-corrected chi connectivity index (χ4v) is 4.63. The first kappa shape index (κ1) is 25.9. The van der Waals surface area contributed by atoms with Gasteiger partial charge in [0.1, 0.15) is 6.61 Å². The Kier molecular flexibility index (Phi) is 7.82. The largest absolute Gasteiger partial charge is 0.460 e. The summed E-state index contributed by atoms with van der Waals surface area (Å²) in [5, 5.41) is 9.56. The Labute approximate surface area is 215 Å². The first-order valence-corrected chi connectivity index (χ1v) is 12.2. The number of nitrogens with zero attached hydrogens (tertiary/aromatic N) is 4. The first-order chi connectivity index (χ1) is 17.2. The van der Waals surface area contributed by atoms with Crippen molar-refractivity contribution in [2.45, 2.75) is 38.7 Å². The Morgan fingerprint density at radius 2 is 1.86 bits per heavy atom. The quantitative estimate of drug-likeness (QED) is 0.517. The maximum absolute atomic E-state index is 13.7. The summed E-state index contributed by atoms with van der Waals surface area (Å²) in [6, 6.07) is 14.4. The number of ether oxygens (including phenoxy) is 2. The van der Waals surface area contributed by atoms with Gasteiger partial charge in [-0.1, -0.05) is 53.6 Å². The van der Waals surface area contributed by atoms with Crippen LogP contribution >= 0.6 is 11.6 Å². The Balaban J connectivity index is 1.64. The van der Waals surface area contributed by atoms with Crippen molar-refractivity contribution < 1.29 is 24.2 Å². The number of amidine groups is 1. The molecule has 0 radical (unpaired) electrons. The van der Waals surface area contributed by atoms with E-state index >= 15 is 0 Å². The van der Waals surface area contributed by atoms with Gasteiger partial charge in [-0.3, -0.25) is 9.69 Å². The number of amides is 3. The van der Waals surface area contributed by atoms with E-state index < -0.39 is 17.7 Å². The van der Waals surface area contributed by atoms with Crippen LogP contribution in [0.2, 0.25) is 5.02 Å². The van der Waals surface area contributed by atoms with Crippen molar-refractivity contribution >= 4 is 29.6 Å². The number of halogens is 1. The number of aliphatic hydroxyl groups excluding tert-OH is 1. The lowest BCUT2D eigenvalue weighted by molar-refractivity contribution is -0.142. The van der Waals surface area contributed by atoms with Crippen molar-refractivity contribution in [1.29, 1.82) is 0 Å². The number of aliphatic imine (C=N–C) groups is 1. The molecular formula is C26H31ClN4O5. The van der Waals surface area contributed by atoms with Crippen LogP contribution in [0.25, 0.3) is 0 Å². The molecule has 2 aromatic carbocycles. The highest BCUT2D eigenvalue weighted by molar-refractivity contribution is 6.30. The standard InChI is InChI=1S/C26H31ClN4O5/c1-18-5-4-6-20(15-18)17-36-24-28-26(2)22(31(24)16-19-7-9-21(27)10-8-19)23(33)30(25(34)29(26)3)11-13-35-14-12-32/h4-10,15,22,32H,11-14,16-17H2,1-3H3. The molecule has 2 aliphatic rings. The summed E-state index contributed by atoms with van der Waals surface area (Å²) < 4.78 is 11.5. The second-order valence-electron chi connectivity index (χ2n) is 9.09. The number of imide groups is 1. The highest BCUT2D eigenvalue weighted by Gasteiger charge is 2.60. The Hall–Kier alpha value is -3.14. The molecule has 2 aliphatic heterocycles. The SMILES string of the molecule is Cc1cccc(COC2=NC3(C)C(C(=O)N(CCOCCO)C(=O)N3C)N2Cc2ccc(Cl)cc2)c1. The number of hydrogen-bond acceptors (Lipinski definition) is 7. The van der Waals surface area contributed by atoms with Crippen LogP contribution in [0, 0.1) is 6.92 Å². The van der Waals surface area contributed by atoms with Gasteiger partial charge in [-0.25, -0.2) is 9.79 Å². The van der Waals surface area contributed by atoms with Crippen LogP contribution in [0.5, 0.6) is 0 Å². The zero-order chi connectivity index (χ0) is 25.9. The summed E-state index contributed by atoms with van der Waals surface area (Å²) in [6.45, 7) is 4.59. The zero-order valence-corrected chi connectivity index (χ0v) is 21.4. The molecule has 0 spiro atoms. The van der Waals surface area contributed by atoms with E-state index in [1.165, 1.54) is 9.80 Å². The second-order valence-corrected chi connectivity index (χ2v) is 9.53. The summed E-state index contributed by atoms with van der Waals surface area (Å²) in [5.74, 6) is -0.375. The molecule has 36 heavy (non-hydrogen) atoms. The van der Waals surface area contributed by atoms with Crippen LogP contribution in [0.4, 0.5) is 4.79 Å². The third-order valence-corrected chi connectivity index (χ3v) is 6.76. The number of urea groups is 1. The minimum absolute atomic E-state index is 0.0723. The number of aliphatic hydroxyl groups is 1. The molecule has 1 saturated heterocycles. The third kappa shape index (κ3) is 5.18. The fourth-order valence-electron chi connectivity index (χ4n) is 4.51. The highest BCUT2D eigenvalue weighted by atomic mass is 35.5. The minimum Gasteiger partial charge on any atom is -0.460 e. The molecule has 2 unspecified atom stereocenters. The van der Waals surface area contributed by atoms with E-state index in [9.17, 15) is 9.59 Å². The van der Waals surface area contributed by atoms with Gasteiger partial charge in [-0.05, 0) is 37.1 Å². The Morgan fingerprint density at radius 1 is 1.11 bits per heavy atom. The number of benzene rings is 2. The monoisotopic (exact) mass is 514 g/mol. The van der Waals surface area contributed by atoms with Crippen LogP contribution in [0.3, 0.4) is 0 Å². The first-order valence-electron chi connectivity index (χ1n) is 11.8. The van der Waals surface area contributed by atoms with Gasteiger partial charge in [0.15, 0.2) is 11.7 Å². The molecule has 9 nitrogen and oxygen atoms in total. The van der Waals surface area contributed by atoms with Gasteiger partial charge in [0.05, 0.1) is 26.4 Å². The average Bonchev–Trinajstić information content (AvgIpc) is 3.15. The van der Waals surface area contributed by atoms with Crippen LogP contribution < -0.4 is 0 Å². The van der Waals surface area contributed by atoms with Gasteiger partial charge in [0, 0.05) is 18.6 Å². The summed E-state index contributed by atoms with van der Waals surface area (Å²) in [5.41, 5.74) is 1.86. The maximum atomic E-state index is 13.7. The molecule has 3 amide bonds. The molecule has 0 aromatic heterocycles. The number of carbonyl (C=O) groups is 2. The van der Waals surface area contributed by atoms with Gasteiger partial charge in [0.25, 0.3) is 11.9 Å². The van der Waals surface area contributed by atoms with Gasteiger partial charge in [0.2, 0.25) is 0 Å². The Bertz CT molecular complexity index is 1140. The molecule has 0 bridgehead atoms. The van der Waals surface area contributed by atoms with Gasteiger partial charge in [-0.2, -0.15) is 0 Å². The van der Waals surface area contributed by atoms with Gasteiger partial charge >= 0.3 is 6.03 Å². The van der Waals surface area contributed by atoms with Crippen LogP contribution in [-0.2, 0) is 27.4 Å². The third-order valence-electron chi connectivity index (χ3n) is 6.51. The molecule has 2 atom stereocenters. The van der Waals surface area contributed by atoms with E-state index in [2.05, 4.69) is 0 Å². The van der Waals surface area contributed by atoms with Crippen LogP contribution in [0.1, 0.15) is 23.6 Å². The molecule has 1 fully saturated rings. The zero-order valence-electron chi connectivity index (χ0n) is 20.7. The van der Waals surface area contributed by atoms with Crippen LogP contribution in [0.15, 0.2) is 53.5 Å². The number of likely N-dealkylation sites (N-methyl/N-ethyl adjacent to an activating group) is 1. The van der Waals surface area contributed by atoms with Crippen LogP contribution in [-0.4, -0.2) is 82.9 Å². The topological polar surface area (TPSA) is 94.9 Å². The Morgan fingerprint density at radius 3 is 2.56 bits per heavy atom. The molecule has 2 heterocycles. The number of fused-ring (bicyclic) bond motifs is 1. The summed E-state index contributed by atoms with van der Waals surface area (Å²) >= 11 is 6.07. The minimum atomic E-state index is -1.15. The van der Waals surface area contributed by atoms with E-state index in [-0.39, 0.29) is 38.9 Å². The predicted molar refractivity (Wildman–Crippen MR) is 135 cm³/mol. The van der Waals surface area contributed by atoms with E-state index in [1.54, 1.807) is 26.1 Å². The smallest absolute Gasteiger partial charge is 0.328 e. The normalized spacial score (nSPS) is 21.6. The molecule has 0 aliphatic carbocycles. The van der Waals surface area contributed by atoms with E-state index in [0.29, 0.717) is 17.6 Å². The van der Waals surface area contributed by atoms with Gasteiger partial charge < -0.3 is 24.4 Å². The molecule has 10 heteroatoms. The second kappa shape index (κ2) is 10.9. The summed E-state index contributed by atoms with van der Waals surface area (Å²) in [7, 11) is 1.64. The lowest BCUT2D eigenvalue weighted by atomic mass is 9.96. The number of hydrogen-bond donors (Lipinski definition) is 1. The molecule has 2 aromatic rings. The number of carbonyl (C=O) groups excluding carboxylic acids is 2. The maximum Gasteiger partial charge on any atom is 0.328 e. The van der Waals surface area contributed by atoms with Crippen molar-refractivity contribution in [1.82, 2.24) is 14.7 Å². The molecule has 192 valence electrons. The van der Waals surface area contributed by atoms with Crippen molar-refractivity contribution in [2.75, 3.05) is 33.4 Å². The molecule has 0 saturated carbocycles. The van der Waals surface area contributed by atoms with Crippen molar-refractivity contribution in [2.24, 2.45) is 4.99 Å². The van der Waals surface area contributed by atoms with E-state index in [0.717, 1.165) is 16.7 Å². The predicted octanol–water partition coefficient (Wildman–Crippen LogP) is 3.02. The molecular weight excluding hydrogens is 484 g/mol. The van der Waals surface area contributed by atoms with Crippen molar-refractivity contribution in [3.63, 3.8) is 0 Å². The highest BCUT2D eigenvalue weighted by Crippen LogP contribution is 2.38. The summed E-state index contributed by atoms with van der Waals surface area (Å²) in [6.07, 6.45) is 0. The number of rotatable bonds is 9. The number of aryl methyl sites for hydroxylation is 1. The average molecular weight is 515 g/mol.